The van der Waals surface area contributed by atoms with Gasteiger partial charge in [-0.3, -0.25) is 10.2 Å². The molecule has 0 unspecified atom stereocenters. The maximum Gasteiger partial charge on any atom is 0.265 e. The molecule has 2 fully saturated rings. The van der Waals surface area contributed by atoms with E-state index in [-0.39, 0.29) is 12.0 Å². The second-order valence-electron chi connectivity index (χ2n) is 5.72. The topological polar surface area (TPSA) is 66.9 Å². The SMILES string of the molecule is CN1CCN(NC(=O)c2ccnc(O[C@@H]3CCOC3)c2)CC1. The molecule has 2 saturated heterocycles. The summed E-state index contributed by atoms with van der Waals surface area (Å²) in [6.07, 6.45) is 2.49. The summed E-state index contributed by atoms with van der Waals surface area (Å²) in [4.78, 5) is 18.7. The molecule has 1 N–H and O–H groups in total. The Kier molecular flexibility index (Phi) is 4.87. The number of carbonyl (C=O) groups excluding carboxylic acids is 1. The number of nitrogens with one attached hydrogen (secondary N) is 1. The van der Waals surface area contributed by atoms with Crippen LogP contribution in [0.2, 0.25) is 0 Å². The van der Waals surface area contributed by atoms with Crippen molar-refractivity contribution in [3.63, 3.8) is 0 Å². The quantitative estimate of drug-likeness (QED) is 0.854. The summed E-state index contributed by atoms with van der Waals surface area (Å²) >= 11 is 0. The summed E-state index contributed by atoms with van der Waals surface area (Å²) in [6.45, 7) is 4.86. The molecule has 3 heterocycles. The van der Waals surface area contributed by atoms with E-state index in [2.05, 4.69) is 22.4 Å². The van der Waals surface area contributed by atoms with Crippen molar-refractivity contribution in [2.75, 3.05) is 46.4 Å². The first-order chi connectivity index (χ1) is 10.7. The summed E-state index contributed by atoms with van der Waals surface area (Å²) < 4.78 is 11.0. The van der Waals surface area contributed by atoms with Crippen LogP contribution < -0.4 is 10.2 Å². The number of hydrogen-bond acceptors (Lipinski definition) is 6. The highest BCUT2D eigenvalue weighted by Crippen LogP contribution is 2.15. The van der Waals surface area contributed by atoms with Crippen molar-refractivity contribution in [1.82, 2.24) is 20.3 Å². The molecule has 7 nitrogen and oxygen atoms in total. The van der Waals surface area contributed by atoms with Gasteiger partial charge in [0.05, 0.1) is 13.2 Å². The number of ether oxygens (including phenoxy) is 2. The van der Waals surface area contributed by atoms with Gasteiger partial charge in [-0.05, 0) is 13.1 Å². The molecule has 0 radical (unpaired) electrons. The number of likely N-dealkylation sites (N-methyl/N-ethyl adjacent to an activating group) is 1. The van der Waals surface area contributed by atoms with Gasteiger partial charge in [0.2, 0.25) is 5.88 Å². The normalized spacial score (nSPS) is 23.4. The van der Waals surface area contributed by atoms with Gasteiger partial charge < -0.3 is 14.4 Å². The molecule has 1 aromatic rings. The van der Waals surface area contributed by atoms with Gasteiger partial charge in [0.25, 0.3) is 5.91 Å². The lowest BCUT2D eigenvalue weighted by Gasteiger charge is -2.32. The van der Waals surface area contributed by atoms with Gasteiger partial charge in [-0.15, -0.1) is 0 Å². The molecule has 0 saturated carbocycles. The number of nitrogens with zero attached hydrogens (tertiary/aromatic N) is 3. The second-order valence-corrected chi connectivity index (χ2v) is 5.72. The van der Waals surface area contributed by atoms with Gasteiger partial charge >= 0.3 is 0 Å². The summed E-state index contributed by atoms with van der Waals surface area (Å²) in [5.41, 5.74) is 3.49. The predicted molar refractivity (Wildman–Crippen MR) is 80.6 cm³/mol. The fraction of sp³-hybridized carbons (Fsp3) is 0.600. The third-order valence-electron chi connectivity index (χ3n) is 3.94. The van der Waals surface area contributed by atoms with Crippen LogP contribution in [0.25, 0.3) is 0 Å². The number of rotatable bonds is 4. The first kappa shape index (κ1) is 15.2. The van der Waals surface area contributed by atoms with Crippen LogP contribution in [0.15, 0.2) is 18.3 Å². The molecule has 3 rings (SSSR count). The monoisotopic (exact) mass is 306 g/mol. The Bertz CT molecular complexity index is 511. The van der Waals surface area contributed by atoms with Crippen LogP contribution in [0.5, 0.6) is 5.88 Å². The molecular formula is C15H22N4O3. The molecule has 0 aromatic carbocycles. The maximum atomic E-state index is 12.3. The van der Waals surface area contributed by atoms with Gasteiger partial charge in [0, 0.05) is 50.4 Å². The summed E-state index contributed by atoms with van der Waals surface area (Å²) in [5, 5.41) is 1.95. The zero-order valence-electron chi connectivity index (χ0n) is 12.8. The number of piperazine rings is 1. The Morgan fingerprint density at radius 3 is 2.95 bits per heavy atom. The fourth-order valence-corrected chi connectivity index (χ4v) is 2.52. The van der Waals surface area contributed by atoms with E-state index in [1.165, 1.54) is 0 Å². The first-order valence-corrected chi connectivity index (χ1v) is 7.65. The van der Waals surface area contributed by atoms with Crippen LogP contribution in [-0.4, -0.2) is 73.3 Å². The van der Waals surface area contributed by atoms with Crippen LogP contribution in [0.4, 0.5) is 0 Å². The lowest BCUT2D eigenvalue weighted by Crippen LogP contribution is -2.52. The number of carbonyl (C=O) groups is 1. The van der Waals surface area contributed by atoms with Crippen molar-refractivity contribution in [1.29, 1.82) is 0 Å². The highest BCUT2D eigenvalue weighted by Gasteiger charge is 2.19. The van der Waals surface area contributed by atoms with Crippen molar-refractivity contribution in [3.05, 3.63) is 23.9 Å². The minimum atomic E-state index is -0.125. The maximum absolute atomic E-state index is 12.3. The van der Waals surface area contributed by atoms with Crippen molar-refractivity contribution >= 4 is 5.91 Å². The zero-order valence-corrected chi connectivity index (χ0v) is 12.8. The van der Waals surface area contributed by atoms with Crippen LogP contribution in [0.1, 0.15) is 16.8 Å². The van der Waals surface area contributed by atoms with Crippen molar-refractivity contribution in [3.8, 4) is 5.88 Å². The molecule has 0 aliphatic carbocycles. The molecule has 2 aliphatic heterocycles. The van der Waals surface area contributed by atoms with Gasteiger partial charge in [-0.2, -0.15) is 0 Å². The standard InChI is InChI=1S/C15H22N4O3/c1-18-5-7-19(8-6-18)17-15(20)12-2-4-16-14(10-12)22-13-3-9-21-11-13/h2,4,10,13H,3,5-9,11H2,1H3,(H,17,20)/t13-/m1/s1. The van der Waals surface area contributed by atoms with E-state index in [9.17, 15) is 4.79 Å². The van der Waals surface area contributed by atoms with Crippen LogP contribution >= 0.6 is 0 Å². The molecule has 0 spiro atoms. The van der Waals surface area contributed by atoms with Crippen molar-refractivity contribution < 1.29 is 14.3 Å². The summed E-state index contributed by atoms with van der Waals surface area (Å²) in [5.74, 6) is 0.348. The molecule has 1 aromatic heterocycles. The third-order valence-corrected chi connectivity index (χ3v) is 3.94. The van der Waals surface area contributed by atoms with E-state index >= 15 is 0 Å². The minimum absolute atomic E-state index is 0.0310. The average molecular weight is 306 g/mol. The number of amides is 1. The zero-order chi connectivity index (χ0) is 15.4. The van der Waals surface area contributed by atoms with E-state index in [0.717, 1.165) is 32.6 Å². The Balaban J connectivity index is 1.57. The van der Waals surface area contributed by atoms with Crippen LogP contribution in [0.3, 0.4) is 0 Å². The second kappa shape index (κ2) is 7.04. The molecule has 7 heteroatoms. The molecule has 0 bridgehead atoms. The Morgan fingerprint density at radius 2 is 2.23 bits per heavy atom. The van der Waals surface area contributed by atoms with Crippen LogP contribution in [0, 0.1) is 0 Å². The van der Waals surface area contributed by atoms with Gasteiger partial charge in [-0.1, -0.05) is 0 Å². The van der Waals surface area contributed by atoms with Crippen molar-refractivity contribution in [2.24, 2.45) is 0 Å². The smallest absolute Gasteiger partial charge is 0.265 e. The Labute approximate surface area is 130 Å². The van der Waals surface area contributed by atoms with E-state index in [0.29, 0.717) is 24.7 Å². The molecule has 2 aliphatic rings. The number of aromatic nitrogens is 1. The van der Waals surface area contributed by atoms with Gasteiger partial charge in [0.15, 0.2) is 0 Å². The molecular weight excluding hydrogens is 284 g/mol. The van der Waals surface area contributed by atoms with E-state index in [1.807, 2.05) is 5.01 Å². The van der Waals surface area contributed by atoms with E-state index in [1.54, 1.807) is 18.3 Å². The predicted octanol–water partition coefficient (Wildman–Crippen LogP) is 0.141. The molecule has 1 atom stereocenters. The third kappa shape index (κ3) is 3.94. The van der Waals surface area contributed by atoms with E-state index < -0.39 is 0 Å². The molecule has 1 amide bonds. The number of pyridine rings is 1. The van der Waals surface area contributed by atoms with E-state index in [4.69, 9.17) is 9.47 Å². The van der Waals surface area contributed by atoms with Gasteiger partial charge in [-0.25, -0.2) is 9.99 Å². The highest BCUT2D eigenvalue weighted by molar-refractivity contribution is 5.94. The summed E-state index contributed by atoms with van der Waals surface area (Å²) in [6, 6.07) is 3.38. The Hall–Kier alpha value is -1.70. The highest BCUT2D eigenvalue weighted by atomic mass is 16.5. The number of hydrazine groups is 1. The minimum Gasteiger partial charge on any atom is -0.472 e. The number of hydrogen-bond donors (Lipinski definition) is 1. The Morgan fingerprint density at radius 1 is 1.41 bits per heavy atom. The average Bonchev–Trinajstić information content (AvgIpc) is 3.03. The van der Waals surface area contributed by atoms with Crippen molar-refractivity contribution in [2.45, 2.75) is 12.5 Å². The summed E-state index contributed by atoms with van der Waals surface area (Å²) in [7, 11) is 2.08. The fourth-order valence-electron chi connectivity index (χ4n) is 2.52. The largest absolute Gasteiger partial charge is 0.472 e. The lowest BCUT2D eigenvalue weighted by atomic mass is 10.2. The molecule has 120 valence electrons. The molecule has 22 heavy (non-hydrogen) atoms. The first-order valence-electron chi connectivity index (χ1n) is 7.65. The van der Waals surface area contributed by atoms with Crippen LogP contribution in [-0.2, 0) is 4.74 Å². The lowest BCUT2D eigenvalue weighted by molar-refractivity contribution is 0.0661. The van der Waals surface area contributed by atoms with Gasteiger partial charge in [0.1, 0.15) is 6.10 Å².